The lowest BCUT2D eigenvalue weighted by molar-refractivity contribution is -0.135. The standard InChI is InChI=1S/C24H39N5O2/c1-3-25-24(26-15-7-8-16-29-19(2)10-9-13-22(29)30)27-21-14-17-28(18-21)23(31)20-11-5-4-6-12-20/h9-10,13,20-21H,3-8,11-12,14-18H2,1-2H3,(H2,25,26,27). The predicted octanol–water partition coefficient (Wildman–Crippen LogP) is 2.67. The largest absolute Gasteiger partial charge is 0.357 e. The number of aliphatic imine (C=N–C) groups is 1. The van der Waals surface area contributed by atoms with Crippen LogP contribution >= 0.6 is 0 Å². The maximum Gasteiger partial charge on any atom is 0.250 e. The summed E-state index contributed by atoms with van der Waals surface area (Å²) in [5.74, 6) is 1.43. The van der Waals surface area contributed by atoms with Gasteiger partial charge in [-0.05, 0) is 52.0 Å². The molecule has 1 saturated heterocycles. The van der Waals surface area contributed by atoms with E-state index in [1.54, 1.807) is 12.1 Å². The molecule has 1 amide bonds. The van der Waals surface area contributed by atoms with Gasteiger partial charge < -0.3 is 20.1 Å². The lowest BCUT2D eigenvalue weighted by atomic mass is 9.88. The number of pyridine rings is 1. The number of unbranched alkanes of at least 4 members (excludes halogenated alkanes) is 1. The van der Waals surface area contributed by atoms with Gasteiger partial charge in [0.25, 0.3) is 5.56 Å². The molecule has 1 atom stereocenters. The van der Waals surface area contributed by atoms with Crippen LogP contribution in [0.25, 0.3) is 0 Å². The highest BCUT2D eigenvalue weighted by Crippen LogP contribution is 2.26. The highest BCUT2D eigenvalue weighted by molar-refractivity contribution is 5.81. The maximum absolute atomic E-state index is 12.8. The van der Waals surface area contributed by atoms with Crippen molar-refractivity contribution in [3.05, 3.63) is 34.2 Å². The van der Waals surface area contributed by atoms with Crippen molar-refractivity contribution in [2.75, 3.05) is 26.2 Å². The zero-order valence-corrected chi connectivity index (χ0v) is 19.2. The number of aryl methyl sites for hydroxylation is 1. The SMILES string of the molecule is CCNC(=NCCCCn1c(C)cccc1=O)NC1CCN(C(=O)C2CCCCC2)C1. The van der Waals surface area contributed by atoms with Gasteiger partial charge in [0.05, 0.1) is 0 Å². The molecule has 1 aliphatic carbocycles. The van der Waals surface area contributed by atoms with Crippen LogP contribution in [0.15, 0.2) is 28.0 Å². The lowest BCUT2D eigenvalue weighted by Crippen LogP contribution is -2.45. The summed E-state index contributed by atoms with van der Waals surface area (Å²) in [5.41, 5.74) is 1.06. The molecule has 1 aromatic heterocycles. The number of guanidine groups is 1. The molecule has 0 bridgehead atoms. The van der Waals surface area contributed by atoms with Gasteiger partial charge in [0.2, 0.25) is 5.91 Å². The second-order valence-electron chi connectivity index (χ2n) is 8.87. The third kappa shape index (κ3) is 6.84. The summed E-state index contributed by atoms with van der Waals surface area (Å²) in [5, 5.41) is 6.85. The van der Waals surface area contributed by atoms with Crippen molar-refractivity contribution in [1.82, 2.24) is 20.1 Å². The predicted molar refractivity (Wildman–Crippen MR) is 125 cm³/mol. The van der Waals surface area contributed by atoms with Crippen LogP contribution in [0.3, 0.4) is 0 Å². The monoisotopic (exact) mass is 429 g/mol. The number of hydrogen-bond acceptors (Lipinski definition) is 3. The molecule has 2 fully saturated rings. The summed E-state index contributed by atoms with van der Waals surface area (Å²) in [4.78, 5) is 31.5. The second kappa shape index (κ2) is 11.9. The van der Waals surface area contributed by atoms with E-state index >= 15 is 0 Å². The van der Waals surface area contributed by atoms with Crippen LogP contribution in [0.5, 0.6) is 0 Å². The minimum absolute atomic E-state index is 0.0621. The van der Waals surface area contributed by atoms with E-state index in [-0.39, 0.29) is 17.5 Å². The van der Waals surface area contributed by atoms with Crippen LogP contribution in [0.4, 0.5) is 0 Å². The number of aromatic nitrogens is 1. The molecule has 1 aliphatic heterocycles. The van der Waals surface area contributed by atoms with Gasteiger partial charge in [0, 0.05) is 56.4 Å². The quantitative estimate of drug-likeness (QED) is 0.378. The van der Waals surface area contributed by atoms with Crippen LogP contribution in [0, 0.1) is 12.8 Å². The number of carbonyl (C=O) groups is 1. The van der Waals surface area contributed by atoms with Gasteiger partial charge in [-0.1, -0.05) is 25.3 Å². The summed E-state index contributed by atoms with van der Waals surface area (Å²) in [6.45, 7) is 7.90. The fourth-order valence-electron chi connectivity index (χ4n) is 4.68. The number of hydrogen-bond donors (Lipinski definition) is 2. The second-order valence-corrected chi connectivity index (χ2v) is 8.87. The van der Waals surface area contributed by atoms with E-state index in [0.29, 0.717) is 12.5 Å². The van der Waals surface area contributed by atoms with Crippen molar-refractivity contribution in [1.29, 1.82) is 0 Å². The Hall–Kier alpha value is -2.31. The first-order chi connectivity index (χ1) is 15.1. The molecule has 7 heteroatoms. The molecular formula is C24H39N5O2. The van der Waals surface area contributed by atoms with Crippen LogP contribution in [-0.4, -0.2) is 53.6 Å². The molecule has 31 heavy (non-hydrogen) atoms. The Morgan fingerprint density at radius 1 is 1.16 bits per heavy atom. The van der Waals surface area contributed by atoms with Gasteiger partial charge in [-0.25, -0.2) is 0 Å². The first-order valence-electron chi connectivity index (χ1n) is 12.1. The first-order valence-corrected chi connectivity index (χ1v) is 12.1. The van der Waals surface area contributed by atoms with E-state index in [1.165, 1.54) is 19.3 Å². The van der Waals surface area contributed by atoms with E-state index in [4.69, 9.17) is 4.99 Å². The highest BCUT2D eigenvalue weighted by atomic mass is 16.2. The Kier molecular flexibility index (Phi) is 8.98. The number of amides is 1. The number of rotatable bonds is 8. The molecule has 3 rings (SSSR count). The highest BCUT2D eigenvalue weighted by Gasteiger charge is 2.31. The smallest absolute Gasteiger partial charge is 0.250 e. The van der Waals surface area contributed by atoms with Gasteiger partial charge in [-0.3, -0.25) is 14.6 Å². The fourth-order valence-corrected chi connectivity index (χ4v) is 4.68. The number of likely N-dealkylation sites (tertiary alicyclic amines) is 1. The molecule has 0 spiro atoms. The lowest BCUT2D eigenvalue weighted by Gasteiger charge is -2.26. The summed E-state index contributed by atoms with van der Waals surface area (Å²) in [7, 11) is 0. The number of nitrogens with one attached hydrogen (secondary N) is 2. The summed E-state index contributed by atoms with van der Waals surface area (Å²) in [6.07, 6.45) is 8.61. The zero-order chi connectivity index (χ0) is 22.1. The van der Waals surface area contributed by atoms with Crippen molar-refractivity contribution in [3.8, 4) is 0 Å². The molecule has 172 valence electrons. The Morgan fingerprint density at radius 3 is 2.71 bits per heavy atom. The molecule has 2 aliphatic rings. The van der Waals surface area contributed by atoms with Gasteiger partial charge in [0.15, 0.2) is 5.96 Å². The minimum atomic E-state index is 0.0621. The molecular weight excluding hydrogens is 390 g/mol. The molecule has 7 nitrogen and oxygen atoms in total. The van der Waals surface area contributed by atoms with E-state index < -0.39 is 0 Å². The maximum atomic E-state index is 12.8. The fraction of sp³-hybridized carbons (Fsp3) is 0.708. The van der Waals surface area contributed by atoms with Gasteiger partial charge in [-0.2, -0.15) is 0 Å². The Balaban J connectivity index is 1.43. The average molecular weight is 430 g/mol. The van der Waals surface area contributed by atoms with Crippen molar-refractivity contribution >= 4 is 11.9 Å². The van der Waals surface area contributed by atoms with E-state index in [2.05, 4.69) is 22.5 Å². The molecule has 2 N–H and O–H groups in total. The normalized spacial score (nSPS) is 20.1. The zero-order valence-electron chi connectivity index (χ0n) is 19.2. The third-order valence-electron chi connectivity index (χ3n) is 6.47. The van der Waals surface area contributed by atoms with Crippen molar-refractivity contribution in [3.63, 3.8) is 0 Å². The summed E-state index contributed by atoms with van der Waals surface area (Å²) in [6, 6.07) is 5.65. The van der Waals surface area contributed by atoms with E-state index in [1.807, 2.05) is 17.6 Å². The topological polar surface area (TPSA) is 78.7 Å². The van der Waals surface area contributed by atoms with Crippen molar-refractivity contribution in [2.24, 2.45) is 10.9 Å². The Morgan fingerprint density at radius 2 is 1.97 bits per heavy atom. The van der Waals surface area contributed by atoms with Crippen molar-refractivity contribution < 1.29 is 4.79 Å². The molecule has 1 unspecified atom stereocenters. The van der Waals surface area contributed by atoms with Crippen molar-refractivity contribution in [2.45, 2.75) is 77.8 Å². The van der Waals surface area contributed by atoms with Crippen LogP contribution in [0.2, 0.25) is 0 Å². The van der Waals surface area contributed by atoms with E-state index in [0.717, 1.165) is 69.9 Å². The van der Waals surface area contributed by atoms with Crippen LogP contribution in [0.1, 0.15) is 64.0 Å². The van der Waals surface area contributed by atoms with Gasteiger partial charge in [-0.15, -0.1) is 0 Å². The third-order valence-corrected chi connectivity index (χ3v) is 6.47. The van der Waals surface area contributed by atoms with Crippen LogP contribution in [-0.2, 0) is 11.3 Å². The summed E-state index contributed by atoms with van der Waals surface area (Å²) < 4.78 is 1.82. The molecule has 0 aromatic carbocycles. The average Bonchev–Trinajstić information content (AvgIpc) is 3.24. The first kappa shape index (κ1) is 23.4. The molecule has 1 saturated carbocycles. The number of nitrogens with zero attached hydrogens (tertiary/aromatic N) is 3. The Labute approximate surface area is 186 Å². The molecule has 0 radical (unpaired) electrons. The Bertz CT molecular complexity index is 797. The molecule has 2 heterocycles. The van der Waals surface area contributed by atoms with Crippen LogP contribution < -0.4 is 16.2 Å². The van der Waals surface area contributed by atoms with E-state index in [9.17, 15) is 9.59 Å². The number of carbonyl (C=O) groups excluding carboxylic acids is 1. The molecule has 1 aromatic rings. The summed E-state index contributed by atoms with van der Waals surface area (Å²) >= 11 is 0. The van der Waals surface area contributed by atoms with Gasteiger partial charge in [0.1, 0.15) is 0 Å². The van der Waals surface area contributed by atoms with Gasteiger partial charge >= 0.3 is 0 Å². The minimum Gasteiger partial charge on any atom is -0.357 e.